The number of nitrogens with zero attached hydrogens (tertiary/aromatic N) is 1. The Hall–Kier alpha value is -2.24. The van der Waals surface area contributed by atoms with Gasteiger partial charge in [-0.05, 0) is 43.5 Å². The number of anilines is 1. The minimum Gasteiger partial charge on any atom is -0.496 e. The minimum absolute atomic E-state index is 0.0739. The molecule has 0 aromatic heterocycles. The van der Waals surface area contributed by atoms with Crippen molar-refractivity contribution in [2.45, 2.75) is 33.6 Å². The lowest BCUT2D eigenvalue weighted by molar-refractivity contribution is -0.122. The van der Waals surface area contributed by atoms with Crippen LogP contribution in [0.2, 0.25) is 0 Å². The highest BCUT2D eigenvalue weighted by Gasteiger charge is 2.39. The van der Waals surface area contributed by atoms with Gasteiger partial charge in [0.05, 0.1) is 7.11 Å². The number of amidine groups is 1. The van der Waals surface area contributed by atoms with Crippen LogP contribution in [0.5, 0.6) is 5.75 Å². The van der Waals surface area contributed by atoms with Crippen LogP contribution in [0.15, 0.2) is 23.4 Å². The lowest BCUT2D eigenvalue weighted by atomic mass is 9.80. The summed E-state index contributed by atoms with van der Waals surface area (Å²) in [7, 11) is 1.60. The van der Waals surface area contributed by atoms with Gasteiger partial charge in [-0.1, -0.05) is 19.0 Å². The molecule has 0 atom stereocenters. The first kappa shape index (κ1) is 16.8. The summed E-state index contributed by atoms with van der Waals surface area (Å²) in [6, 6.07) is 5.36. The molecule has 0 fully saturated rings. The highest BCUT2D eigenvalue weighted by molar-refractivity contribution is 6.11. The van der Waals surface area contributed by atoms with E-state index in [9.17, 15) is 4.79 Å². The van der Waals surface area contributed by atoms with E-state index in [1.54, 1.807) is 19.2 Å². The van der Waals surface area contributed by atoms with Gasteiger partial charge < -0.3 is 21.0 Å². The highest BCUT2D eigenvalue weighted by atomic mass is 16.5. The number of nitrogens with two attached hydrogens (primary N) is 1. The van der Waals surface area contributed by atoms with Crippen LogP contribution in [0, 0.1) is 12.3 Å². The second-order valence-electron chi connectivity index (χ2n) is 4.91. The van der Waals surface area contributed by atoms with Gasteiger partial charge in [0.15, 0.2) is 5.84 Å². The second kappa shape index (κ2) is 6.97. The van der Waals surface area contributed by atoms with Crippen molar-refractivity contribution in [1.29, 1.82) is 0 Å². The molecule has 1 aromatic carbocycles. The standard InChI is InChI=1S/C15H23N3O3/c1-5-15(6-2,13(16)18-20)14(19)17-11-7-8-12(21-4)10(3)9-11/h7-9,20H,5-6H2,1-4H3,(H2,16,18)(H,17,19). The Morgan fingerprint density at radius 2 is 2.05 bits per heavy atom. The fraction of sp³-hybridized carbons (Fsp3) is 0.467. The van der Waals surface area contributed by atoms with Crippen LogP contribution in [0.4, 0.5) is 5.69 Å². The molecule has 0 spiro atoms. The molecule has 0 saturated carbocycles. The number of amides is 1. The van der Waals surface area contributed by atoms with E-state index in [2.05, 4.69) is 10.5 Å². The smallest absolute Gasteiger partial charge is 0.238 e. The zero-order chi connectivity index (χ0) is 16.0. The third-order valence-electron chi connectivity index (χ3n) is 3.89. The molecule has 0 aliphatic carbocycles. The summed E-state index contributed by atoms with van der Waals surface area (Å²) in [6.07, 6.45) is 0.890. The minimum atomic E-state index is -1.01. The van der Waals surface area contributed by atoms with Crippen LogP contribution >= 0.6 is 0 Å². The van der Waals surface area contributed by atoms with E-state index in [-0.39, 0.29) is 11.7 Å². The number of benzene rings is 1. The Morgan fingerprint density at radius 1 is 1.43 bits per heavy atom. The average molecular weight is 293 g/mol. The Balaban J connectivity index is 3.05. The van der Waals surface area contributed by atoms with Gasteiger partial charge in [0.2, 0.25) is 5.91 Å². The van der Waals surface area contributed by atoms with Crippen molar-refractivity contribution in [1.82, 2.24) is 0 Å². The van der Waals surface area contributed by atoms with Crippen molar-refractivity contribution >= 4 is 17.4 Å². The van der Waals surface area contributed by atoms with Crippen LogP contribution in [0.3, 0.4) is 0 Å². The maximum Gasteiger partial charge on any atom is 0.238 e. The van der Waals surface area contributed by atoms with Gasteiger partial charge in [0.1, 0.15) is 11.2 Å². The second-order valence-corrected chi connectivity index (χ2v) is 4.91. The van der Waals surface area contributed by atoms with Crippen molar-refractivity contribution in [3.63, 3.8) is 0 Å². The Kier molecular flexibility index (Phi) is 5.58. The van der Waals surface area contributed by atoms with E-state index in [4.69, 9.17) is 15.7 Å². The number of nitrogens with one attached hydrogen (secondary N) is 1. The molecule has 0 saturated heterocycles. The average Bonchev–Trinajstić information content (AvgIpc) is 2.49. The van der Waals surface area contributed by atoms with Crippen LogP contribution in [-0.2, 0) is 4.79 Å². The van der Waals surface area contributed by atoms with Crippen LogP contribution in [0.1, 0.15) is 32.3 Å². The van der Waals surface area contributed by atoms with Crippen molar-refractivity contribution in [3.8, 4) is 5.75 Å². The number of carbonyl (C=O) groups is 1. The monoisotopic (exact) mass is 293 g/mol. The maximum absolute atomic E-state index is 12.5. The van der Waals surface area contributed by atoms with Crippen molar-refractivity contribution < 1.29 is 14.7 Å². The molecule has 116 valence electrons. The summed E-state index contributed by atoms with van der Waals surface area (Å²) >= 11 is 0. The topological polar surface area (TPSA) is 96.9 Å². The summed E-state index contributed by atoms with van der Waals surface area (Å²) in [5.41, 5.74) is 6.27. The molecule has 0 radical (unpaired) electrons. The van der Waals surface area contributed by atoms with Crippen LogP contribution in [0.25, 0.3) is 0 Å². The van der Waals surface area contributed by atoms with E-state index in [0.717, 1.165) is 11.3 Å². The van der Waals surface area contributed by atoms with Crippen molar-refractivity contribution in [2.24, 2.45) is 16.3 Å². The number of carbonyl (C=O) groups excluding carboxylic acids is 1. The number of rotatable bonds is 6. The van der Waals surface area contributed by atoms with E-state index in [1.165, 1.54) is 0 Å². The summed E-state index contributed by atoms with van der Waals surface area (Å²) < 4.78 is 5.19. The third-order valence-corrected chi connectivity index (χ3v) is 3.89. The highest BCUT2D eigenvalue weighted by Crippen LogP contribution is 2.29. The van der Waals surface area contributed by atoms with Crippen molar-refractivity contribution in [3.05, 3.63) is 23.8 Å². The maximum atomic E-state index is 12.5. The number of methoxy groups -OCH3 is 1. The van der Waals surface area contributed by atoms with Gasteiger partial charge in [0, 0.05) is 5.69 Å². The Labute approximate surface area is 125 Å². The van der Waals surface area contributed by atoms with Gasteiger partial charge in [-0.15, -0.1) is 0 Å². The molecular weight excluding hydrogens is 270 g/mol. The molecule has 1 aromatic rings. The first-order valence-electron chi connectivity index (χ1n) is 6.89. The van der Waals surface area contributed by atoms with Crippen molar-refractivity contribution in [2.75, 3.05) is 12.4 Å². The fourth-order valence-electron chi connectivity index (χ4n) is 2.35. The molecule has 0 heterocycles. The van der Waals surface area contributed by atoms with E-state index >= 15 is 0 Å². The van der Waals surface area contributed by atoms with Gasteiger partial charge in [-0.2, -0.15) is 0 Å². The Bertz CT molecular complexity index is 537. The first-order chi connectivity index (χ1) is 9.94. The van der Waals surface area contributed by atoms with Crippen LogP contribution < -0.4 is 15.8 Å². The van der Waals surface area contributed by atoms with Gasteiger partial charge in [-0.25, -0.2) is 0 Å². The van der Waals surface area contributed by atoms with E-state index in [1.807, 2.05) is 26.8 Å². The summed E-state index contributed by atoms with van der Waals surface area (Å²) in [5, 5.41) is 14.8. The van der Waals surface area contributed by atoms with Crippen LogP contribution in [-0.4, -0.2) is 24.1 Å². The fourth-order valence-corrected chi connectivity index (χ4v) is 2.35. The predicted octanol–water partition coefficient (Wildman–Crippen LogP) is 2.49. The van der Waals surface area contributed by atoms with Gasteiger partial charge >= 0.3 is 0 Å². The lowest BCUT2D eigenvalue weighted by Crippen LogP contribution is -2.46. The molecule has 4 N–H and O–H groups in total. The van der Waals surface area contributed by atoms with Gasteiger partial charge in [-0.3, -0.25) is 4.79 Å². The molecule has 1 rings (SSSR count). The molecular formula is C15H23N3O3. The normalized spacial score (nSPS) is 12.1. The quantitative estimate of drug-likeness (QED) is 0.325. The third kappa shape index (κ3) is 3.26. The molecule has 21 heavy (non-hydrogen) atoms. The molecule has 0 aliphatic heterocycles. The first-order valence-corrected chi connectivity index (χ1v) is 6.89. The molecule has 1 amide bonds. The zero-order valence-electron chi connectivity index (χ0n) is 12.9. The number of oxime groups is 1. The number of aryl methyl sites for hydroxylation is 1. The van der Waals surface area contributed by atoms with E-state index < -0.39 is 5.41 Å². The SMILES string of the molecule is CCC(CC)(C(=O)Nc1ccc(OC)c(C)c1)C(N)=NO. The Morgan fingerprint density at radius 3 is 2.48 bits per heavy atom. The largest absolute Gasteiger partial charge is 0.496 e. The molecule has 6 nitrogen and oxygen atoms in total. The molecule has 0 bridgehead atoms. The number of ether oxygens (including phenoxy) is 1. The molecule has 0 unspecified atom stereocenters. The van der Waals surface area contributed by atoms with Gasteiger partial charge in [0.25, 0.3) is 0 Å². The summed E-state index contributed by atoms with van der Waals surface area (Å²) in [4.78, 5) is 12.5. The van der Waals surface area contributed by atoms with E-state index in [0.29, 0.717) is 18.5 Å². The summed E-state index contributed by atoms with van der Waals surface area (Å²) in [6.45, 7) is 5.56. The zero-order valence-corrected chi connectivity index (χ0v) is 12.9. The molecule has 0 aliphatic rings. The summed E-state index contributed by atoms with van der Waals surface area (Å²) in [5.74, 6) is 0.393. The molecule has 6 heteroatoms. The predicted molar refractivity (Wildman–Crippen MR) is 82.8 cm³/mol. The number of hydrogen-bond donors (Lipinski definition) is 3. The number of hydrogen-bond acceptors (Lipinski definition) is 4. The lowest BCUT2D eigenvalue weighted by Gasteiger charge is -2.28.